The molecule has 0 aromatic heterocycles. The molecule has 0 aliphatic heterocycles. The lowest BCUT2D eigenvalue weighted by Crippen LogP contribution is -2.18. The van der Waals surface area contributed by atoms with E-state index in [0.29, 0.717) is 0 Å². The second kappa shape index (κ2) is 13.9. The summed E-state index contributed by atoms with van der Waals surface area (Å²) >= 11 is 7.30. The topological polar surface area (TPSA) is 6.48 Å². The molecule has 0 atom stereocenters. The molecule has 2 nitrogen and oxygen atoms in total. The lowest BCUT2D eigenvalue weighted by Gasteiger charge is -2.28. The van der Waals surface area contributed by atoms with Crippen molar-refractivity contribution >= 4 is 66.0 Å². The second-order valence-corrected chi connectivity index (χ2v) is 18.1. The molecule has 0 fully saturated rings. The first kappa shape index (κ1) is 36.7. The van der Waals surface area contributed by atoms with E-state index in [1.807, 2.05) is 0 Å². The SMILES string of the molecule is CCc1ccc(N(c2ccc(Br)cc2)c2ccc3c(c2)C(C)(C)c2cc4c(cc2-3)C(C)(C)c2cc(N(c3ccc(Br)cc3)c3ccc(CC)cc3)ccc2-4)cc1. The Kier molecular flexibility index (Phi) is 9.14. The summed E-state index contributed by atoms with van der Waals surface area (Å²) in [6.07, 6.45) is 2.04. The molecule has 2 aliphatic rings. The van der Waals surface area contributed by atoms with Gasteiger partial charge < -0.3 is 9.80 Å². The fourth-order valence-electron chi connectivity index (χ4n) is 9.05. The van der Waals surface area contributed by atoms with Gasteiger partial charge in [-0.2, -0.15) is 0 Å². The molecule has 7 aromatic carbocycles. The summed E-state index contributed by atoms with van der Waals surface area (Å²) in [5.74, 6) is 0. The highest BCUT2D eigenvalue weighted by molar-refractivity contribution is 9.10. The monoisotopic (exact) mass is 856 g/mol. The zero-order valence-corrected chi connectivity index (χ0v) is 36.1. The van der Waals surface area contributed by atoms with Crippen LogP contribution in [0.3, 0.4) is 0 Å². The lowest BCUT2D eigenvalue weighted by atomic mass is 9.79. The minimum Gasteiger partial charge on any atom is -0.310 e. The molecule has 0 bridgehead atoms. The van der Waals surface area contributed by atoms with E-state index in [9.17, 15) is 0 Å². The van der Waals surface area contributed by atoms with E-state index in [2.05, 4.69) is 229 Å². The van der Waals surface area contributed by atoms with E-state index < -0.39 is 0 Å². The normalized spacial score (nSPS) is 14.1. The lowest BCUT2D eigenvalue weighted by molar-refractivity contribution is 0.652. The van der Waals surface area contributed by atoms with Gasteiger partial charge in [0.1, 0.15) is 0 Å². The maximum Gasteiger partial charge on any atom is 0.0465 e. The maximum absolute atomic E-state index is 3.65. The summed E-state index contributed by atoms with van der Waals surface area (Å²) in [5, 5.41) is 0. The van der Waals surface area contributed by atoms with Crippen LogP contribution in [0.25, 0.3) is 22.3 Å². The molecule has 4 heteroatoms. The molecule has 0 unspecified atom stereocenters. The second-order valence-electron chi connectivity index (χ2n) is 16.3. The zero-order chi connectivity index (χ0) is 38.9. The van der Waals surface area contributed by atoms with Crippen LogP contribution in [0, 0.1) is 0 Å². The van der Waals surface area contributed by atoms with Gasteiger partial charge in [-0.25, -0.2) is 0 Å². The molecule has 56 heavy (non-hydrogen) atoms. The van der Waals surface area contributed by atoms with Gasteiger partial charge in [0.15, 0.2) is 0 Å². The average Bonchev–Trinajstić information content (AvgIpc) is 3.57. The predicted molar refractivity (Wildman–Crippen MR) is 245 cm³/mol. The number of hydrogen-bond donors (Lipinski definition) is 0. The van der Waals surface area contributed by atoms with E-state index in [4.69, 9.17) is 0 Å². The molecule has 0 radical (unpaired) electrons. The van der Waals surface area contributed by atoms with Gasteiger partial charge in [0.2, 0.25) is 0 Å². The van der Waals surface area contributed by atoms with Crippen molar-refractivity contribution in [3.63, 3.8) is 0 Å². The van der Waals surface area contributed by atoms with Crippen LogP contribution in [0.1, 0.15) is 74.9 Å². The van der Waals surface area contributed by atoms with Crippen LogP contribution in [0.5, 0.6) is 0 Å². The van der Waals surface area contributed by atoms with Crippen LogP contribution in [0.2, 0.25) is 0 Å². The van der Waals surface area contributed by atoms with E-state index in [0.717, 1.165) is 44.5 Å². The van der Waals surface area contributed by atoms with Crippen molar-refractivity contribution in [1.82, 2.24) is 0 Å². The van der Waals surface area contributed by atoms with Crippen LogP contribution >= 0.6 is 31.9 Å². The van der Waals surface area contributed by atoms with Crippen molar-refractivity contribution in [3.05, 3.63) is 188 Å². The third-order valence-corrected chi connectivity index (χ3v) is 13.4. The number of benzene rings is 7. The van der Waals surface area contributed by atoms with Crippen molar-refractivity contribution in [2.45, 2.75) is 65.2 Å². The number of rotatable bonds is 8. The number of nitrogens with zero attached hydrogens (tertiary/aromatic N) is 2. The van der Waals surface area contributed by atoms with Crippen molar-refractivity contribution in [2.75, 3.05) is 9.80 Å². The van der Waals surface area contributed by atoms with Gasteiger partial charge in [0.05, 0.1) is 0 Å². The Bertz CT molecular complexity index is 2420. The number of fused-ring (bicyclic) bond motifs is 6. The summed E-state index contributed by atoms with van der Waals surface area (Å²) in [6, 6.07) is 54.6. The van der Waals surface area contributed by atoms with Crippen molar-refractivity contribution < 1.29 is 0 Å². The predicted octanol–water partition coefficient (Wildman–Crippen LogP) is 15.9. The van der Waals surface area contributed by atoms with E-state index in [1.165, 1.54) is 67.0 Å². The summed E-state index contributed by atoms with van der Waals surface area (Å²) in [6.45, 7) is 14.0. The Morgan fingerprint density at radius 1 is 0.357 bits per heavy atom. The van der Waals surface area contributed by atoms with Crippen LogP contribution in [0.15, 0.2) is 155 Å². The number of aryl methyl sites for hydroxylation is 2. The Morgan fingerprint density at radius 3 is 0.964 bits per heavy atom. The molecule has 0 spiro atoms. The number of hydrogen-bond acceptors (Lipinski definition) is 2. The van der Waals surface area contributed by atoms with Gasteiger partial charge in [-0.1, -0.05) is 110 Å². The number of halogens is 2. The third kappa shape index (κ3) is 6.04. The van der Waals surface area contributed by atoms with Gasteiger partial charge in [0.25, 0.3) is 0 Å². The molecule has 0 amide bonds. The van der Waals surface area contributed by atoms with Gasteiger partial charge in [-0.05, 0) is 178 Å². The highest BCUT2D eigenvalue weighted by atomic mass is 79.9. The molecule has 9 rings (SSSR count). The first-order valence-corrected chi connectivity index (χ1v) is 21.3. The molecular formula is C52H46Br2N2. The Hall–Kier alpha value is -4.90. The van der Waals surface area contributed by atoms with Gasteiger partial charge in [-0.3, -0.25) is 0 Å². The molecular weight excluding hydrogens is 812 g/mol. The smallest absolute Gasteiger partial charge is 0.0465 e. The van der Waals surface area contributed by atoms with E-state index in [1.54, 1.807) is 0 Å². The fourth-order valence-corrected chi connectivity index (χ4v) is 9.58. The van der Waals surface area contributed by atoms with Crippen molar-refractivity contribution in [2.24, 2.45) is 0 Å². The molecule has 0 N–H and O–H groups in total. The van der Waals surface area contributed by atoms with Crippen LogP contribution in [-0.2, 0) is 23.7 Å². The van der Waals surface area contributed by atoms with Crippen molar-refractivity contribution in [3.8, 4) is 22.3 Å². The Balaban J connectivity index is 1.13. The highest BCUT2D eigenvalue weighted by Crippen LogP contribution is 2.57. The average molecular weight is 859 g/mol. The standard InChI is InChI=1S/C52H46Br2N2/c1-7-33-9-17-37(18-10-33)55(39-21-13-35(53)14-22-39)41-25-27-43-45-31-50-46(32-49(45)51(3,4)47(43)29-41)44-28-26-42(30-48(44)52(50,5)6)56(40-23-15-36(54)16-24-40)38-19-11-34(8-2)12-20-38/h9-32H,7-8H2,1-6H3. The van der Waals surface area contributed by atoms with E-state index in [-0.39, 0.29) is 10.8 Å². The summed E-state index contributed by atoms with van der Waals surface area (Å²) < 4.78 is 2.15. The van der Waals surface area contributed by atoms with Crippen molar-refractivity contribution in [1.29, 1.82) is 0 Å². The molecule has 0 saturated carbocycles. The highest BCUT2D eigenvalue weighted by Gasteiger charge is 2.42. The van der Waals surface area contributed by atoms with E-state index >= 15 is 0 Å². The first-order chi connectivity index (χ1) is 27.0. The zero-order valence-electron chi connectivity index (χ0n) is 32.9. The van der Waals surface area contributed by atoms with Gasteiger partial charge >= 0.3 is 0 Å². The van der Waals surface area contributed by atoms with Crippen LogP contribution in [0.4, 0.5) is 34.1 Å². The molecule has 278 valence electrons. The first-order valence-electron chi connectivity index (χ1n) is 19.8. The fraction of sp³-hybridized carbons (Fsp3) is 0.192. The summed E-state index contributed by atoms with van der Waals surface area (Å²) in [5.41, 5.74) is 20.2. The third-order valence-electron chi connectivity index (χ3n) is 12.3. The number of anilines is 6. The minimum absolute atomic E-state index is 0.178. The minimum atomic E-state index is -0.178. The van der Waals surface area contributed by atoms with Gasteiger partial charge in [-0.15, -0.1) is 0 Å². The maximum atomic E-state index is 3.65. The van der Waals surface area contributed by atoms with Crippen LogP contribution in [-0.4, -0.2) is 0 Å². The molecule has 7 aromatic rings. The summed E-state index contributed by atoms with van der Waals surface area (Å²) in [7, 11) is 0. The quantitative estimate of drug-likeness (QED) is 0.150. The van der Waals surface area contributed by atoms with Crippen LogP contribution < -0.4 is 9.80 Å². The molecule has 0 heterocycles. The summed E-state index contributed by atoms with van der Waals surface area (Å²) in [4.78, 5) is 4.77. The largest absolute Gasteiger partial charge is 0.310 e. The van der Waals surface area contributed by atoms with Gasteiger partial charge in [0, 0.05) is 53.9 Å². The Labute approximate surface area is 349 Å². The molecule has 2 aliphatic carbocycles. The Morgan fingerprint density at radius 2 is 0.643 bits per heavy atom. The molecule has 0 saturated heterocycles.